The predicted molar refractivity (Wildman–Crippen MR) is 85.1 cm³/mol. The fourth-order valence-corrected chi connectivity index (χ4v) is 3.64. The van der Waals surface area contributed by atoms with Crippen molar-refractivity contribution >= 4 is 28.9 Å². The monoisotopic (exact) mass is 308 g/mol. The molecule has 1 aromatic carbocycles. The lowest BCUT2D eigenvalue weighted by atomic mass is 9.90. The minimum absolute atomic E-state index is 0.103. The molecule has 0 radical (unpaired) electrons. The molecule has 2 atom stereocenters. The van der Waals surface area contributed by atoms with Crippen molar-refractivity contribution in [2.24, 2.45) is 0 Å². The second-order valence-electron chi connectivity index (χ2n) is 5.68. The lowest BCUT2D eigenvalue weighted by Gasteiger charge is -2.52. The average molecular weight is 309 g/mol. The van der Waals surface area contributed by atoms with E-state index in [1.807, 2.05) is 25.1 Å². The molecule has 0 aromatic heterocycles. The van der Waals surface area contributed by atoms with Gasteiger partial charge in [-0.15, -0.1) is 0 Å². The molecule has 0 spiro atoms. The highest BCUT2D eigenvalue weighted by molar-refractivity contribution is 7.80. The van der Waals surface area contributed by atoms with E-state index in [1.54, 1.807) is 0 Å². The summed E-state index contributed by atoms with van der Waals surface area (Å²) in [7, 11) is 0. The molecule has 3 rings (SSSR count). The molecule has 20 heavy (non-hydrogen) atoms. The number of hydrogen-bond donors (Lipinski definition) is 1. The van der Waals surface area contributed by atoms with Crippen LogP contribution in [0.15, 0.2) is 30.4 Å². The molecule has 2 aliphatic heterocycles. The van der Waals surface area contributed by atoms with Crippen LogP contribution < -0.4 is 10.1 Å². The van der Waals surface area contributed by atoms with Crippen LogP contribution in [0, 0.1) is 0 Å². The molecule has 3 nitrogen and oxygen atoms in total. The van der Waals surface area contributed by atoms with E-state index in [0.717, 1.165) is 28.3 Å². The molecule has 2 heterocycles. The van der Waals surface area contributed by atoms with Gasteiger partial charge in [0.05, 0.1) is 6.04 Å². The fourth-order valence-electron chi connectivity index (χ4n) is 2.94. The van der Waals surface area contributed by atoms with Crippen molar-refractivity contribution in [1.29, 1.82) is 0 Å². The van der Waals surface area contributed by atoms with Crippen molar-refractivity contribution in [2.45, 2.75) is 32.0 Å². The van der Waals surface area contributed by atoms with Crippen LogP contribution >= 0.6 is 23.8 Å². The van der Waals surface area contributed by atoms with Gasteiger partial charge in [-0.25, -0.2) is 0 Å². The van der Waals surface area contributed by atoms with Crippen LogP contribution in [-0.2, 0) is 0 Å². The first-order chi connectivity index (χ1) is 9.40. The van der Waals surface area contributed by atoms with Gasteiger partial charge in [-0.2, -0.15) is 0 Å². The summed E-state index contributed by atoms with van der Waals surface area (Å²) in [5, 5.41) is 4.79. The molecule has 0 saturated carbocycles. The SMILES string of the molecule is C=C(C)CN1C(=S)NC2CC1(C)Oc1cccc(Cl)c12. The van der Waals surface area contributed by atoms with Crippen molar-refractivity contribution in [3.05, 3.63) is 40.9 Å². The molecule has 1 aromatic rings. The molecule has 106 valence electrons. The van der Waals surface area contributed by atoms with Crippen molar-refractivity contribution < 1.29 is 4.74 Å². The fraction of sp³-hybridized carbons (Fsp3) is 0.400. The molecule has 5 heteroatoms. The Morgan fingerprint density at radius 1 is 1.65 bits per heavy atom. The first-order valence-corrected chi connectivity index (χ1v) is 7.39. The zero-order chi connectivity index (χ0) is 14.5. The van der Waals surface area contributed by atoms with Crippen LogP contribution in [0.25, 0.3) is 0 Å². The second-order valence-corrected chi connectivity index (χ2v) is 6.47. The van der Waals surface area contributed by atoms with Gasteiger partial charge in [-0.3, -0.25) is 0 Å². The van der Waals surface area contributed by atoms with Crippen molar-refractivity contribution in [2.75, 3.05) is 6.54 Å². The third-order valence-electron chi connectivity index (χ3n) is 3.82. The molecular formula is C15H17ClN2OS. The van der Waals surface area contributed by atoms with E-state index >= 15 is 0 Å². The Morgan fingerprint density at radius 3 is 3.10 bits per heavy atom. The first-order valence-electron chi connectivity index (χ1n) is 6.61. The highest BCUT2D eigenvalue weighted by Gasteiger charge is 2.47. The number of hydrogen-bond acceptors (Lipinski definition) is 2. The van der Waals surface area contributed by atoms with Gasteiger partial charge in [0.1, 0.15) is 5.75 Å². The summed E-state index contributed by atoms with van der Waals surface area (Å²) < 4.78 is 6.23. The summed E-state index contributed by atoms with van der Waals surface area (Å²) in [5.41, 5.74) is 1.60. The minimum Gasteiger partial charge on any atom is -0.468 e. The predicted octanol–water partition coefficient (Wildman–Crippen LogP) is 3.65. The van der Waals surface area contributed by atoms with Crippen LogP contribution in [-0.4, -0.2) is 22.3 Å². The number of benzene rings is 1. The molecular weight excluding hydrogens is 292 g/mol. The molecule has 2 bridgehead atoms. The van der Waals surface area contributed by atoms with Crippen LogP contribution in [0.5, 0.6) is 5.75 Å². The number of thiocarbonyl (C=S) groups is 1. The summed E-state index contributed by atoms with van der Waals surface area (Å²) >= 11 is 11.8. The van der Waals surface area contributed by atoms with Gasteiger partial charge in [0.2, 0.25) is 0 Å². The number of nitrogens with zero attached hydrogens (tertiary/aromatic N) is 1. The number of nitrogens with one attached hydrogen (secondary N) is 1. The molecule has 2 unspecified atom stereocenters. The highest BCUT2D eigenvalue weighted by Crippen LogP contribution is 2.46. The molecule has 1 N–H and O–H groups in total. The normalized spacial score (nSPS) is 27.4. The third kappa shape index (κ3) is 2.07. The minimum atomic E-state index is -0.455. The summed E-state index contributed by atoms with van der Waals surface area (Å²) in [6, 6.07) is 5.86. The first kappa shape index (κ1) is 13.7. The van der Waals surface area contributed by atoms with E-state index < -0.39 is 5.72 Å². The van der Waals surface area contributed by atoms with E-state index in [4.69, 9.17) is 28.6 Å². The van der Waals surface area contributed by atoms with Gasteiger partial charge in [-0.1, -0.05) is 29.8 Å². The summed E-state index contributed by atoms with van der Waals surface area (Å²) in [4.78, 5) is 2.06. The van der Waals surface area contributed by atoms with Crippen LogP contribution in [0.1, 0.15) is 31.9 Å². The van der Waals surface area contributed by atoms with Crippen LogP contribution in [0.4, 0.5) is 0 Å². The van der Waals surface area contributed by atoms with Gasteiger partial charge in [0.15, 0.2) is 10.8 Å². The number of rotatable bonds is 2. The van der Waals surface area contributed by atoms with Crippen molar-refractivity contribution in [1.82, 2.24) is 10.2 Å². The Labute approximate surface area is 129 Å². The largest absolute Gasteiger partial charge is 0.468 e. The van der Waals surface area contributed by atoms with E-state index in [0.29, 0.717) is 11.7 Å². The maximum absolute atomic E-state index is 6.31. The van der Waals surface area contributed by atoms with E-state index in [-0.39, 0.29) is 6.04 Å². The third-order valence-corrected chi connectivity index (χ3v) is 4.48. The Morgan fingerprint density at radius 2 is 2.40 bits per heavy atom. The van der Waals surface area contributed by atoms with E-state index in [1.165, 1.54) is 0 Å². The van der Waals surface area contributed by atoms with Crippen LogP contribution in [0.3, 0.4) is 0 Å². The Bertz CT molecular complexity index is 604. The molecule has 1 fully saturated rings. The highest BCUT2D eigenvalue weighted by atomic mass is 35.5. The molecule has 0 amide bonds. The lowest BCUT2D eigenvalue weighted by Crippen LogP contribution is -2.64. The van der Waals surface area contributed by atoms with Crippen molar-refractivity contribution in [3.63, 3.8) is 0 Å². The van der Waals surface area contributed by atoms with Gasteiger partial charge in [0, 0.05) is 23.6 Å². The van der Waals surface area contributed by atoms with Gasteiger partial charge in [-0.05, 0) is 38.2 Å². The van der Waals surface area contributed by atoms with Crippen LogP contribution in [0.2, 0.25) is 5.02 Å². The topological polar surface area (TPSA) is 24.5 Å². The number of fused-ring (bicyclic) bond motifs is 4. The zero-order valence-electron chi connectivity index (χ0n) is 11.6. The average Bonchev–Trinajstić information content (AvgIpc) is 2.33. The standard InChI is InChI=1S/C15H17ClN2OS/c1-9(2)8-18-14(20)17-11-7-15(18,3)19-12-6-4-5-10(16)13(11)12/h4-6,11H,1,7-8H2,2-3H3,(H,17,20). The summed E-state index contributed by atoms with van der Waals surface area (Å²) in [6.45, 7) is 8.72. The Balaban J connectivity index is 2.04. The Hall–Kier alpha value is -1.26. The van der Waals surface area contributed by atoms with E-state index in [9.17, 15) is 0 Å². The van der Waals surface area contributed by atoms with Gasteiger partial charge < -0.3 is 15.0 Å². The molecule has 2 aliphatic rings. The zero-order valence-corrected chi connectivity index (χ0v) is 13.1. The molecule has 1 saturated heterocycles. The maximum atomic E-state index is 6.31. The maximum Gasteiger partial charge on any atom is 0.184 e. The van der Waals surface area contributed by atoms with Gasteiger partial charge in [0.25, 0.3) is 0 Å². The number of halogens is 1. The quantitative estimate of drug-likeness (QED) is 0.666. The lowest BCUT2D eigenvalue weighted by molar-refractivity contribution is -0.0641. The van der Waals surface area contributed by atoms with Crippen molar-refractivity contribution in [3.8, 4) is 5.75 Å². The summed E-state index contributed by atoms with van der Waals surface area (Å²) in [5.74, 6) is 0.831. The van der Waals surface area contributed by atoms with Gasteiger partial charge >= 0.3 is 0 Å². The molecule has 0 aliphatic carbocycles. The smallest absolute Gasteiger partial charge is 0.184 e. The second kappa shape index (κ2) is 4.64. The summed E-state index contributed by atoms with van der Waals surface area (Å²) in [6.07, 6.45) is 0.803. The number of ether oxygens (including phenoxy) is 1. The van der Waals surface area contributed by atoms with E-state index in [2.05, 4.69) is 23.7 Å². The Kier molecular flexibility index (Phi) is 3.18.